The first-order valence-corrected chi connectivity index (χ1v) is 7.27. The van der Waals surface area contributed by atoms with Gasteiger partial charge in [0.2, 0.25) is 5.91 Å². The summed E-state index contributed by atoms with van der Waals surface area (Å²) in [6.07, 6.45) is 2.19. The van der Waals surface area contributed by atoms with Crippen molar-refractivity contribution in [3.05, 3.63) is 42.1 Å². The van der Waals surface area contributed by atoms with Gasteiger partial charge in [0.1, 0.15) is 6.10 Å². The monoisotopic (exact) mass is 285 g/mol. The summed E-state index contributed by atoms with van der Waals surface area (Å²) < 4.78 is 5.43. The zero-order chi connectivity index (χ0) is 14.5. The summed E-state index contributed by atoms with van der Waals surface area (Å²) >= 11 is 0. The molecule has 1 fully saturated rings. The maximum atomic E-state index is 12.0. The summed E-state index contributed by atoms with van der Waals surface area (Å²) in [4.78, 5) is 16.4. The number of nitrogens with zero attached hydrogens (tertiary/aromatic N) is 1. The highest BCUT2D eigenvalue weighted by atomic mass is 16.5. The molecule has 21 heavy (non-hydrogen) atoms. The predicted octanol–water partition coefficient (Wildman–Crippen LogP) is 0.882. The number of carbonyl (C=O) groups excluding carboxylic acids is 1. The third-order valence-corrected chi connectivity index (χ3v) is 3.63. The van der Waals surface area contributed by atoms with E-state index in [2.05, 4.69) is 21.7 Å². The Morgan fingerprint density at radius 1 is 1.38 bits per heavy atom. The fraction of sp³-hybridized carbons (Fsp3) is 0.375. The molecule has 2 aromatic rings. The number of aromatic nitrogens is 1. The number of nitrogens with one attached hydrogen (secondary N) is 2. The highest BCUT2D eigenvalue weighted by Gasteiger charge is 2.20. The molecule has 1 aromatic carbocycles. The number of benzene rings is 1. The second-order valence-corrected chi connectivity index (χ2v) is 5.10. The lowest BCUT2D eigenvalue weighted by molar-refractivity contribution is -0.134. The summed E-state index contributed by atoms with van der Waals surface area (Å²) in [6, 6.07) is 10.1. The molecule has 2 heterocycles. The maximum Gasteiger partial charge on any atom is 0.250 e. The molecule has 1 aliphatic heterocycles. The van der Waals surface area contributed by atoms with Gasteiger partial charge in [-0.2, -0.15) is 0 Å². The molecule has 1 unspecified atom stereocenters. The van der Waals surface area contributed by atoms with Gasteiger partial charge in [-0.3, -0.25) is 9.78 Å². The van der Waals surface area contributed by atoms with Crippen molar-refractivity contribution in [1.29, 1.82) is 0 Å². The second-order valence-electron chi connectivity index (χ2n) is 5.10. The Hall–Kier alpha value is -1.98. The molecule has 0 bridgehead atoms. The Morgan fingerprint density at radius 3 is 3.14 bits per heavy atom. The molecule has 5 heteroatoms. The van der Waals surface area contributed by atoms with Crippen LogP contribution in [0.25, 0.3) is 10.9 Å². The minimum Gasteiger partial charge on any atom is -0.366 e. The van der Waals surface area contributed by atoms with E-state index >= 15 is 0 Å². The third kappa shape index (κ3) is 3.37. The molecule has 0 radical (unpaired) electrons. The van der Waals surface area contributed by atoms with Crippen molar-refractivity contribution < 1.29 is 9.53 Å². The van der Waals surface area contributed by atoms with E-state index in [9.17, 15) is 4.79 Å². The number of fused-ring (bicyclic) bond motifs is 1. The van der Waals surface area contributed by atoms with Gasteiger partial charge in [-0.1, -0.05) is 24.3 Å². The minimum absolute atomic E-state index is 0.0459. The van der Waals surface area contributed by atoms with E-state index in [1.165, 1.54) is 0 Å². The van der Waals surface area contributed by atoms with Crippen molar-refractivity contribution in [2.75, 3.05) is 26.2 Å². The number of para-hydroxylation sites is 1. The van der Waals surface area contributed by atoms with Crippen molar-refractivity contribution in [3.8, 4) is 0 Å². The molecule has 1 saturated heterocycles. The minimum atomic E-state index is -0.371. The van der Waals surface area contributed by atoms with Crippen molar-refractivity contribution in [2.24, 2.45) is 0 Å². The largest absolute Gasteiger partial charge is 0.366 e. The average Bonchev–Trinajstić information content (AvgIpc) is 2.56. The number of hydrogen-bond donors (Lipinski definition) is 2. The molecule has 2 N–H and O–H groups in total. The molecule has 0 aliphatic carbocycles. The van der Waals surface area contributed by atoms with Crippen LogP contribution in [0.15, 0.2) is 36.5 Å². The van der Waals surface area contributed by atoms with Crippen LogP contribution >= 0.6 is 0 Å². The lowest BCUT2D eigenvalue weighted by Gasteiger charge is -2.22. The van der Waals surface area contributed by atoms with Crippen molar-refractivity contribution in [2.45, 2.75) is 12.5 Å². The molecule has 1 aliphatic rings. The Labute approximate surface area is 123 Å². The number of rotatable bonds is 4. The van der Waals surface area contributed by atoms with Crippen molar-refractivity contribution in [3.63, 3.8) is 0 Å². The standard InChI is InChI=1S/C16H19N3O2/c20-16(14-11-17-9-10-21-14)19-8-6-13-4-1-3-12-5-2-7-18-15(12)13/h1-5,7,14,17H,6,8-11H2,(H,19,20). The predicted molar refractivity (Wildman–Crippen MR) is 81.1 cm³/mol. The highest BCUT2D eigenvalue weighted by Crippen LogP contribution is 2.15. The lowest BCUT2D eigenvalue weighted by atomic mass is 10.1. The average molecular weight is 285 g/mol. The summed E-state index contributed by atoms with van der Waals surface area (Å²) in [7, 11) is 0. The van der Waals surface area contributed by atoms with E-state index in [0.29, 0.717) is 19.7 Å². The quantitative estimate of drug-likeness (QED) is 0.875. The fourth-order valence-corrected chi connectivity index (χ4v) is 2.54. The molecule has 1 atom stereocenters. The van der Waals surface area contributed by atoms with E-state index in [4.69, 9.17) is 4.74 Å². The normalized spacial score (nSPS) is 18.6. The van der Waals surface area contributed by atoms with Gasteiger partial charge in [-0.15, -0.1) is 0 Å². The molecule has 1 amide bonds. The number of ether oxygens (including phenoxy) is 1. The van der Waals surface area contributed by atoms with Gasteiger partial charge in [-0.25, -0.2) is 0 Å². The summed E-state index contributed by atoms with van der Waals surface area (Å²) in [5.41, 5.74) is 2.15. The number of carbonyl (C=O) groups is 1. The van der Waals surface area contributed by atoms with Crippen LogP contribution in [0, 0.1) is 0 Å². The van der Waals surface area contributed by atoms with Crippen LogP contribution in [0.3, 0.4) is 0 Å². The molecular weight excluding hydrogens is 266 g/mol. The zero-order valence-corrected chi connectivity index (χ0v) is 11.8. The summed E-state index contributed by atoms with van der Waals surface area (Å²) in [6.45, 7) is 2.58. The van der Waals surface area contributed by atoms with Crippen LogP contribution in [-0.4, -0.2) is 43.2 Å². The fourth-order valence-electron chi connectivity index (χ4n) is 2.54. The highest BCUT2D eigenvalue weighted by molar-refractivity contribution is 5.82. The van der Waals surface area contributed by atoms with Crippen molar-refractivity contribution >= 4 is 16.8 Å². The van der Waals surface area contributed by atoms with Crippen LogP contribution in [0.5, 0.6) is 0 Å². The molecule has 5 nitrogen and oxygen atoms in total. The SMILES string of the molecule is O=C(NCCc1cccc2cccnc12)C1CNCCO1. The van der Waals surface area contributed by atoms with Gasteiger partial charge in [0.05, 0.1) is 12.1 Å². The second kappa shape index (κ2) is 6.65. The van der Waals surface area contributed by atoms with Crippen LogP contribution in [-0.2, 0) is 16.0 Å². The molecule has 1 aromatic heterocycles. The zero-order valence-electron chi connectivity index (χ0n) is 11.8. The smallest absolute Gasteiger partial charge is 0.250 e. The Morgan fingerprint density at radius 2 is 2.29 bits per heavy atom. The van der Waals surface area contributed by atoms with Gasteiger partial charge >= 0.3 is 0 Å². The van der Waals surface area contributed by atoms with Crippen LogP contribution in [0.2, 0.25) is 0 Å². The first-order chi connectivity index (χ1) is 10.3. The van der Waals surface area contributed by atoms with Gasteiger partial charge in [0.25, 0.3) is 0 Å². The van der Waals surface area contributed by atoms with Crippen LogP contribution < -0.4 is 10.6 Å². The topological polar surface area (TPSA) is 63.2 Å². The number of morpholine rings is 1. The van der Waals surface area contributed by atoms with Gasteiger partial charge in [0, 0.05) is 31.2 Å². The number of hydrogen-bond acceptors (Lipinski definition) is 4. The van der Waals surface area contributed by atoms with E-state index in [1.807, 2.05) is 24.3 Å². The third-order valence-electron chi connectivity index (χ3n) is 3.63. The molecule has 3 rings (SSSR count). The van der Waals surface area contributed by atoms with E-state index < -0.39 is 0 Å². The lowest BCUT2D eigenvalue weighted by Crippen LogP contribution is -2.48. The van der Waals surface area contributed by atoms with Gasteiger partial charge in [0.15, 0.2) is 0 Å². The molecule has 0 spiro atoms. The maximum absolute atomic E-state index is 12.0. The van der Waals surface area contributed by atoms with Gasteiger partial charge < -0.3 is 15.4 Å². The molecule has 0 saturated carbocycles. The summed E-state index contributed by atoms with van der Waals surface area (Å²) in [5, 5.41) is 7.21. The van der Waals surface area contributed by atoms with E-state index in [1.54, 1.807) is 6.20 Å². The first-order valence-electron chi connectivity index (χ1n) is 7.27. The number of pyridine rings is 1. The summed E-state index contributed by atoms with van der Waals surface area (Å²) in [5.74, 6) is -0.0459. The van der Waals surface area contributed by atoms with Crippen LogP contribution in [0.4, 0.5) is 0 Å². The Kier molecular flexibility index (Phi) is 4.43. The van der Waals surface area contributed by atoms with Crippen LogP contribution in [0.1, 0.15) is 5.56 Å². The van der Waals surface area contributed by atoms with E-state index in [-0.39, 0.29) is 12.0 Å². The van der Waals surface area contributed by atoms with Crippen molar-refractivity contribution in [1.82, 2.24) is 15.6 Å². The number of amides is 1. The van der Waals surface area contributed by atoms with Gasteiger partial charge in [-0.05, 0) is 18.1 Å². The first kappa shape index (κ1) is 14.0. The molecule has 110 valence electrons. The Balaban J connectivity index is 1.58. The van der Waals surface area contributed by atoms with E-state index in [0.717, 1.165) is 29.4 Å². The molecular formula is C16H19N3O2. The Bertz CT molecular complexity index is 618.